The van der Waals surface area contributed by atoms with E-state index in [4.69, 9.17) is 4.98 Å². The predicted molar refractivity (Wildman–Crippen MR) is 75.7 cm³/mol. The molecule has 1 saturated heterocycles. The van der Waals surface area contributed by atoms with Crippen LogP contribution in [0.15, 0.2) is 5.38 Å². The molecule has 2 fully saturated rings. The Labute approximate surface area is 114 Å². The zero-order valence-electron chi connectivity index (χ0n) is 11.2. The predicted octanol–water partition coefficient (Wildman–Crippen LogP) is 2.77. The molecule has 0 radical (unpaired) electrons. The lowest BCUT2D eigenvalue weighted by Gasteiger charge is -2.21. The Morgan fingerprint density at radius 3 is 3.11 bits per heavy atom. The van der Waals surface area contributed by atoms with Gasteiger partial charge < -0.3 is 5.32 Å². The average Bonchev–Trinajstić information content (AvgIpc) is 2.93. The normalized spacial score (nSPS) is 24.8. The van der Waals surface area contributed by atoms with Crippen LogP contribution in [0, 0.1) is 0 Å². The Bertz CT molecular complexity index is 386. The number of nitrogens with one attached hydrogen (secondary N) is 1. The Hall–Kier alpha value is -0.450. The molecule has 1 aromatic rings. The monoisotopic (exact) mass is 265 g/mol. The highest BCUT2D eigenvalue weighted by Crippen LogP contribution is 2.23. The zero-order chi connectivity index (χ0) is 12.4. The summed E-state index contributed by atoms with van der Waals surface area (Å²) in [6.45, 7) is 5.58. The molecule has 3 rings (SSSR count). The van der Waals surface area contributed by atoms with Crippen LogP contribution in [0.1, 0.15) is 49.7 Å². The summed E-state index contributed by atoms with van der Waals surface area (Å²) in [7, 11) is 0. The van der Waals surface area contributed by atoms with E-state index >= 15 is 0 Å². The first-order chi connectivity index (χ1) is 8.85. The summed E-state index contributed by atoms with van der Waals surface area (Å²) in [5.74, 6) is 0. The van der Waals surface area contributed by atoms with Gasteiger partial charge in [-0.25, -0.2) is 4.98 Å². The van der Waals surface area contributed by atoms with E-state index in [2.05, 4.69) is 22.5 Å². The van der Waals surface area contributed by atoms with Gasteiger partial charge in [0.2, 0.25) is 0 Å². The van der Waals surface area contributed by atoms with E-state index in [0.29, 0.717) is 0 Å². The molecule has 18 heavy (non-hydrogen) atoms. The molecule has 0 spiro atoms. The number of aromatic nitrogens is 1. The molecular weight excluding hydrogens is 242 g/mol. The third kappa shape index (κ3) is 3.11. The molecule has 100 valence electrons. The van der Waals surface area contributed by atoms with Gasteiger partial charge in [-0.05, 0) is 38.6 Å². The van der Waals surface area contributed by atoms with Gasteiger partial charge in [0.15, 0.2) is 0 Å². The van der Waals surface area contributed by atoms with Gasteiger partial charge >= 0.3 is 0 Å². The van der Waals surface area contributed by atoms with Gasteiger partial charge in [-0.15, -0.1) is 11.3 Å². The maximum Gasteiger partial charge on any atom is 0.107 e. The maximum absolute atomic E-state index is 4.76. The molecule has 1 aromatic heterocycles. The standard InChI is InChI=1S/C14H23N3S/c1-2-13-4-3-7-17(13)9-12-10-18-14(16-12)8-15-11-5-6-11/h10-11,13,15H,2-9H2,1H3. The number of likely N-dealkylation sites (tertiary alicyclic amines) is 1. The summed E-state index contributed by atoms with van der Waals surface area (Å²) in [6.07, 6.45) is 6.71. The van der Waals surface area contributed by atoms with E-state index in [1.54, 1.807) is 0 Å². The fourth-order valence-corrected chi connectivity index (χ4v) is 3.53. The van der Waals surface area contributed by atoms with Gasteiger partial charge in [-0.2, -0.15) is 0 Å². The highest BCUT2D eigenvalue weighted by atomic mass is 32.1. The Kier molecular flexibility index (Phi) is 3.97. The van der Waals surface area contributed by atoms with Crippen molar-refractivity contribution in [1.29, 1.82) is 0 Å². The molecule has 4 heteroatoms. The second kappa shape index (κ2) is 5.68. The SMILES string of the molecule is CCC1CCCN1Cc1csc(CNC2CC2)n1. The zero-order valence-corrected chi connectivity index (χ0v) is 12.0. The van der Waals surface area contributed by atoms with Crippen LogP contribution >= 0.6 is 11.3 Å². The molecule has 3 nitrogen and oxygen atoms in total. The van der Waals surface area contributed by atoms with Gasteiger partial charge in [0.25, 0.3) is 0 Å². The summed E-state index contributed by atoms with van der Waals surface area (Å²) in [4.78, 5) is 7.36. The molecular formula is C14H23N3S. The quantitative estimate of drug-likeness (QED) is 0.857. The van der Waals surface area contributed by atoms with Crippen LogP contribution < -0.4 is 5.32 Å². The van der Waals surface area contributed by atoms with Crippen molar-refractivity contribution in [2.24, 2.45) is 0 Å². The average molecular weight is 265 g/mol. The lowest BCUT2D eigenvalue weighted by Crippen LogP contribution is -2.28. The van der Waals surface area contributed by atoms with Gasteiger partial charge in [0.1, 0.15) is 5.01 Å². The maximum atomic E-state index is 4.76. The first kappa shape index (κ1) is 12.6. The van der Waals surface area contributed by atoms with Gasteiger partial charge in [0.05, 0.1) is 5.69 Å². The molecule has 1 atom stereocenters. The minimum Gasteiger partial charge on any atom is -0.308 e. The molecule has 1 saturated carbocycles. The molecule has 0 amide bonds. The Balaban J connectivity index is 1.52. The van der Waals surface area contributed by atoms with Crippen molar-refractivity contribution in [1.82, 2.24) is 15.2 Å². The van der Waals surface area contributed by atoms with Crippen molar-refractivity contribution < 1.29 is 0 Å². The third-order valence-corrected chi connectivity index (χ3v) is 4.95. The van der Waals surface area contributed by atoms with E-state index < -0.39 is 0 Å². The molecule has 1 aliphatic heterocycles. The van der Waals surface area contributed by atoms with E-state index in [9.17, 15) is 0 Å². The molecule has 2 heterocycles. The number of hydrogen-bond acceptors (Lipinski definition) is 4. The smallest absolute Gasteiger partial charge is 0.107 e. The van der Waals surface area contributed by atoms with Gasteiger partial charge in [0, 0.05) is 30.6 Å². The lowest BCUT2D eigenvalue weighted by atomic mass is 10.2. The summed E-state index contributed by atoms with van der Waals surface area (Å²) >= 11 is 1.81. The van der Waals surface area contributed by atoms with Crippen LogP contribution in [0.3, 0.4) is 0 Å². The van der Waals surface area contributed by atoms with E-state index in [1.165, 1.54) is 49.4 Å². The number of nitrogens with zero attached hydrogens (tertiary/aromatic N) is 2. The molecule has 0 aromatic carbocycles. The van der Waals surface area contributed by atoms with Crippen LogP contribution in [0.2, 0.25) is 0 Å². The van der Waals surface area contributed by atoms with E-state index in [0.717, 1.165) is 25.2 Å². The summed E-state index contributed by atoms with van der Waals surface area (Å²) in [6, 6.07) is 1.57. The minimum absolute atomic E-state index is 0.778. The molecule has 1 aliphatic carbocycles. The third-order valence-electron chi connectivity index (χ3n) is 4.05. The first-order valence-corrected chi connectivity index (χ1v) is 8.14. The topological polar surface area (TPSA) is 28.2 Å². The van der Waals surface area contributed by atoms with Crippen LogP contribution in [0.5, 0.6) is 0 Å². The van der Waals surface area contributed by atoms with Crippen molar-refractivity contribution in [3.05, 3.63) is 16.1 Å². The number of rotatable bonds is 6. The Morgan fingerprint density at radius 1 is 1.44 bits per heavy atom. The molecule has 1 unspecified atom stereocenters. The second-order valence-corrected chi connectivity index (χ2v) is 6.51. The van der Waals surface area contributed by atoms with E-state index in [1.807, 2.05) is 11.3 Å². The van der Waals surface area contributed by atoms with Crippen molar-refractivity contribution in [3.63, 3.8) is 0 Å². The van der Waals surface area contributed by atoms with Crippen LogP contribution in [-0.2, 0) is 13.1 Å². The summed E-state index contributed by atoms with van der Waals surface area (Å²) in [5, 5.41) is 7.03. The summed E-state index contributed by atoms with van der Waals surface area (Å²) in [5.41, 5.74) is 1.27. The van der Waals surface area contributed by atoms with Crippen molar-refractivity contribution in [3.8, 4) is 0 Å². The summed E-state index contributed by atoms with van der Waals surface area (Å²) < 4.78 is 0. The number of hydrogen-bond donors (Lipinski definition) is 1. The Morgan fingerprint density at radius 2 is 2.33 bits per heavy atom. The van der Waals surface area contributed by atoms with Crippen molar-refractivity contribution in [2.75, 3.05) is 6.54 Å². The fraction of sp³-hybridized carbons (Fsp3) is 0.786. The highest BCUT2D eigenvalue weighted by molar-refractivity contribution is 7.09. The fourth-order valence-electron chi connectivity index (χ4n) is 2.80. The highest BCUT2D eigenvalue weighted by Gasteiger charge is 2.24. The number of thiazole rings is 1. The molecule has 2 aliphatic rings. The van der Waals surface area contributed by atoms with Crippen LogP contribution in [0.25, 0.3) is 0 Å². The van der Waals surface area contributed by atoms with Crippen molar-refractivity contribution >= 4 is 11.3 Å². The van der Waals surface area contributed by atoms with Crippen molar-refractivity contribution in [2.45, 2.75) is 64.2 Å². The minimum atomic E-state index is 0.778. The van der Waals surface area contributed by atoms with Crippen LogP contribution in [-0.4, -0.2) is 28.5 Å². The van der Waals surface area contributed by atoms with Crippen LogP contribution in [0.4, 0.5) is 0 Å². The molecule has 1 N–H and O–H groups in total. The lowest BCUT2D eigenvalue weighted by molar-refractivity contribution is 0.237. The molecule has 0 bridgehead atoms. The first-order valence-electron chi connectivity index (χ1n) is 7.26. The largest absolute Gasteiger partial charge is 0.308 e. The van der Waals surface area contributed by atoms with Gasteiger partial charge in [-0.3, -0.25) is 4.90 Å². The van der Waals surface area contributed by atoms with Gasteiger partial charge in [-0.1, -0.05) is 6.92 Å². The van der Waals surface area contributed by atoms with E-state index in [-0.39, 0.29) is 0 Å². The second-order valence-electron chi connectivity index (χ2n) is 5.56.